The fourth-order valence-corrected chi connectivity index (χ4v) is 13.9. The minimum atomic E-state index is -2.30. The molecule has 0 bridgehead atoms. The van der Waals surface area contributed by atoms with Crippen LogP contribution < -0.4 is 16.0 Å². The van der Waals surface area contributed by atoms with Crippen molar-refractivity contribution in [2.75, 3.05) is 33.9 Å². The molecule has 0 heterocycles. The van der Waals surface area contributed by atoms with E-state index in [9.17, 15) is 53.1 Å². The standard InChI is InChI=1S/C33H46N2O7Si.C30H38N2O7.C20H21NO4/c1-21(2)29(30(37)35(6)27(31(38)42-43(7,8)9)18-19-28(36)41-33(3,4)5)34-32(39)40-20-26-24-16-12-10-14-22(24)23-15-11-13-17-25(23)26;1-18(2)26(27(34)32(6)24(28(35)36)15-16-25(33)39-30(3,4)5)31-29(37)38-17-23-21-13-9-7-11-19(21)20-12-8-10-14-22(20)23;1-12(2)18(19(22)23)21-20(24)25-11-17-15-9-5-3-7-13(15)14-8-4-6-10-16(14)17/h10-17,21,26-27,29H,18-20H2,1-9H3,(H,34,39);7-14,18,23-24,26H,15-17H2,1-6H3,(H,31,37)(H,35,36);3-10,12,17-18H,11H2,1-2H3,(H,21,24)(H,22,23)/t27-,29-;24-,26-;18-/m000/s1. The number of carbonyl (C=O) groups is 10. The number of rotatable bonds is 26. The van der Waals surface area contributed by atoms with Crippen molar-refractivity contribution in [3.8, 4) is 33.4 Å². The number of carboxylic acid groups (broad SMARTS) is 2. The summed E-state index contributed by atoms with van der Waals surface area (Å²) in [4.78, 5) is 128. The molecule has 0 saturated carbocycles. The van der Waals surface area contributed by atoms with Crippen LogP contribution in [0.25, 0.3) is 33.4 Å². The van der Waals surface area contributed by atoms with E-state index in [0.717, 1.165) is 71.7 Å². The third-order valence-corrected chi connectivity index (χ3v) is 19.1. The second-order valence-electron chi connectivity index (χ2n) is 31.0. The predicted molar refractivity (Wildman–Crippen MR) is 408 cm³/mol. The van der Waals surface area contributed by atoms with Gasteiger partial charge in [-0.15, -0.1) is 0 Å². The highest BCUT2D eigenvalue weighted by atomic mass is 28.4. The molecule has 3 aliphatic carbocycles. The van der Waals surface area contributed by atoms with Crippen LogP contribution in [-0.2, 0) is 61.7 Å². The summed E-state index contributed by atoms with van der Waals surface area (Å²) in [7, 11) is 0.540. The SMILES string of the molecule is CC(C)[C@H](NC(=O)OCC1c2ccccc2-c2ccccc21)C(=O)N(C)[C@@H](CCC(=O)OC(C)(C)C)C(=O)O.CC(C)[C@H](NC(=O)OCC1c2ccccc2-c2ccccc21)C(=O)N(C)[C@@H](CCC(=O)OC(C)(C)C)C(=O)O[Si](C)(C)C.CC(C)[C@H](NC(=O)OCC1c2ccccc2-c2ccccc21)C(=O)O. The zero-order chi connectivity index (χ0) is 79.0. The number of nitrogens with one attached hydrogen (secondary N) is 3. The van der Waals surface area contributed by atoms with Gasteiger partial charge >= 0.3 is 48.1 Å². The minimum absolute atomic E-state index is 0.0240. The van der Waals surface area contributed by atoms with E-state index >= 15 is 0 Å². The Bertz CT molecular complexity index is 4040. The number of alkyl carbamates (subject to hydrolysis) is 3. The summed E-state index contributed by atoms with van der Waals surface area (Å²) in [5.41, 5.74) is 11.9. The van der Waals surface area contributed by atoms with Crippen molar-refractivity contribution < 1.29 is 86.3 Å². The number of carboxylic acids is 2. The van der Waals surface area contributed by atoms with Gasteiger partial charge in [0.15, 0.2) is 0 Å². The maximum Gasteiger partial charge on any atom is 0.407 e. The molecular weight excluding hydrogens is 1380 g/mol. The zero-order valence-corrected chi connectivity index (χ0v) is 65.5. The highest BCUT2D eigenvalue weighted by molar-refractivity contribution is 6.71. The summed E-state index contributed by atoms with van der Waals surface area (Å²) in [5.74, 6) is -6.17. The molecule has 3 aliphatic rings. The molecule has 0 unspecified atom stereocenters. The monoisotopic (exact) mass is 1490 g/mol. The van der Waals surface area contributed by atoms with Crippen molar-refractivity contribution in [1.29, 1.82) is 0 Å². The van der Waals surface area contributed by atoms with Gasteiger partial charge in [-0.3, -0.25) is 24.0 Å². The van der Waals surface area contributed by atoms with Gasteiger partial charge in [-0.25, -0.2) is 24.0 Å². The van der Waals surface area contributed by atoms with Gasteiger partial charge in [-0.2, -0.15) is 0 Å². The van der Waals surface area contributed by atoms with Crippen LogP contribution in [-0.4, -0.2) is 164 Å². The maximum absolute atomic E-state index is 13.7. The minimum Gasteiger partial charge on any atom is -0.518 e. The molecule has 5 amide bonds. The van der Waals surface area contributed by atoms with E-state index in [4.69, 9.17) is 33.2 Å². The van der Waals surface area contributed by atoms with Crippen LogP contribution in [0, 0.1) is 17.8 Å². The van der Waals surface area contributed by atoms with Gasteiger partial charge in [0.1, 0.15) is 61.2 Å². The number of esters is 2. The molecule has 0 aromatic heterocycles. The first kappa shape index (κ1) is 83.9. The predicted octanol–water partition coefficient (Wildman–Crippen LogP) is 14.1. The van der Waals surface area contributed by atoms with Gasteiger partial charge in [0.2, 0.25) is 20.1 Å². The Balaban J connectivity index is 0.000000231. The molecule has 0 saturated heterocycles. The van der Waals surface area contributed by atoms with Crippen LogP contribution in [0.1, 0.15) is 160 Å². The molecule has 23 nitrogen and oxygen atoms in total. The van der Waals surface area contributed by atoms with Crippen LogP contribution in [0.4, 0.5) is 14.4 Å². The van der Waals surface area contributed by atoms with Crippen LogP contribution in [0.5, 0.6) is 0 Å². The van der Waals surface area contributed by atoms with Gasteiger partial charge in [0.25, 0.3) is 0 Å². The molecule has 6 aromatic rings. The smallest absolute Gasteiger partial charge is 0.407 e. The second-order valence-corrected chi connectivity index (χ2v) is 35.4. The number of benzene rings is 6. The fraction of sp³-hybridized carbons (Fsp3) is 0.446. The van der Waals surface area contributed by atoms with Gasteiger partial charge in [0.05, 0.1) is 0 Å². The largest absolute Gasteiger partial charge is 0.518 e. The number of hydrogen-bond donors (Lipinski definition) is 5. The van der Waals surface area contributed by atoms with Gasteiger partial charge in [-0.05, 0) is 159 Å². The molecule has 0 aliphatic heterocycles. The molecule has 5 atom stereocenters. The van der Waals surface area contributed by atoms with Crippen LogP contribution in [0.2, 0.25) is 19.6 Å². The number of amides is 5. The Labute approximate surface area is 628 Å². The Kier molecular flexibility index (Phi) is 28.8. The van der Waals surface area contributed by atoms with Crippen molar-refractivity contribution in [2.24, 2.45) is 17.8 Å². The third kappa shape index (κ3) is 22.8. The lowest BCUT2D eigenvalue weighted by atomic mass is 9.98. The molecule has 0 fully saturated rings. The average molecular weight is 1490 g/mol. The van der Waals surface area contributed by atoms with E-state index in [0.29, 0.717) is 0 Å². The third-order valence-electron chi connectivity index (χ3n) is 18.3. The summed E-state index contributed by atoms with van der Waals surface area (Å²) < 4.78 is 33.0. The molecule has 24 heteroatoms. The fourth-order valence-electron chi connectivity index (χ4n) is 13.2. The quantitative estimate of drug-likeness (QED) is 0.0191. The van der Waals surface area contributed by atoms with Crippen molar-refractivity contribution in [3.63, 3.8) is 0 Å². The van der Waals surface area contributed by atoms with E-state index < -0.39 is 110 Å². The van der Waals surface area contributed by atoms with E-state index in [-0.39, 0.29) is 81.0 Å². The number of fused-ring (bicyclic) bond motifs is 9. The zero-order valence-electron chi connectivity index (χ0n) is 64.5. The lowest BCUT2D eigenvalue weighted by Gasteiger charge is -2.33. The summed E-state index contributed by atoms with van der Waals surface area (Å²) >= 11 is 0. The van der Waals surface area contributed by atoms with Crippen LogP contribution >= 0.6 is 0 Å². The van der Waals surface area contributed by atoms with E-state index in [1.807, 2.05) is 141 Å². The molecule has 0 spiro atoms. The van der Waals surface area contributed by atoms with E-state index in [2.05, 4.69) is 40.2 Å². The molecule has 107 heavy (non-hydrogen) atoms. The van der Waals surface area contributed by atoms with Crippen molar-refractivity contribution in [1.82, 2.24) is 25.8 Å². The molecule has 0 radical (unpaired) electrons. The Morgan fingerprint density at radius 1 is 0.402 bits per heavy atom. The molecule has 574 valence electrons. The molecule has 9 rings (SSSR count). The number of carbonyl (C=O) groups excluding carboxylic acids is 8. The first-order valence-electron chi connectivity index (χ1n) is 36.3. The van der Waals surface area contributed by atoms with E-state index in [1.165, 1.54) is 19.0 Å². The van der Waals surface area contributed by atoms with Crippen LogP contribution in [0.3, 0.4) is 0 Å². The Hall–Kier alpha value is -10.4. The Morgan fingerprint density at radius 2 is 0.654 bits per heavy atom. The first-order chi connectivity index (χ1) is 50.3. The van der Waals surface area contributed by atoms with Gasteiger partial charge < -0.3 is 64.1 Å². The second kappa shape index (κ2) is 36.8. The van der Waals surface area contributed by atoms with Gasteiger partial charge in [0, 0.05) is 44.7 Å². The first-order valence-corrected chi connectivity index (χ1v) is 39.7. The summed E-state index contributed by atoms with van der Waals surface area (Å²) in [6, 6.07) is 42.9. The highest BCUT2D eigenvalue weighted by Gasteiger charge is 2.40. The summed E-state index contributed by atoms with van der Waals surface area (Å²) in [6.07, 6.45) is -2.54. The molecule has 6 aromatic carbocycles. The van der Waals surface area contributed by atoms with Crippen molar-refractivity contribution >= 4 is 68.3 Å². The van der Waals surface area contributed by atoms with Crippen molar-refractivity contribution in [3.05, 3.63) is 179 Å². The summed E-state index contributed by atoms with van der Waals surface area (Å²) in [5, 5.41) is 26.7. The lowest BCUT2D eigenvalue weighted by Crippen LogP contribution is -2.55. The molecule has 5 N–H and O–H groups in total. The summed E-state index contributed by atoms with van der Waals surface area (Å²) in [6.45, 7) is 27.0. The van der Waals surface area contributed by atoms with Gasteiger partial charge in [-0.1, -0.05) is 187 Å². The molecular formula is C83H105N5O18Si. The highest BCUT2D eigenvalue weighted by Crippen LogP contribution is 2.47. The van der Waals surface area contributed by atoms with E-state index in [1.54, 1.807) is 83.1 Å². The van der Waals surface area contributed by atoms with Crippen LogP contribution in [0.15, 0.2) is 146 Å². The lowest BCUT2D eigenvalue weighted by molar-refractivity contribution is -0.158. The average Bonchev–Trinajstić information content (AvgIpc) is 1.63. The number of hydrogen-bond acceptors (Lipinski definition) is 16. The maximum atomic E-state index is 13.7. The Morgan fingerprint density at radius 3 is 0.897 bits per heavy atom. The normalized spacial score (nSPS) is 14.1. The number of nitrogens with zero attached hydrogens (tertiary/aromatic N) is 2. The number of ether oxygens (including phenoxy) is 5. The van der Waals surface area contributed by atoms with Crippen molar-refractivity contribution in [2.45, 2.75) is 188 Å². The number of likely N-dealkylation sites (N-methyl/N-ethyl adjacent to an activating group) is 2. The topological polar surface area (TPSA) is 309 Å². The number of aliphatic carboxylic acids is 2.